The maximum absolute atomic E-state index is 12.6. The standard InChI is InChI=1S/C20H23F3N6O2S/c21-20(22,23)32-16-3-1-15(2-4-16)25-19(30)29-9-7-27(8-10-29)17-5-6-24-18(26-17)28-11-13-31-14-12-28/h1-6H,7-14H2,(H,25,30). The first-order valence-corrected chi connectivity index (χ1v) is 11.0. The number of aromatic nitrogens is 2. The Morgan fingerprint density at radius 3 is 2.31 bits per heavy atom. The van der Waals surface area contributed by atoms with Crippen molar-refractivity contribution in [1.29, 1.82) is 0 Å². The lowest BCUT2D eigenvalue weighted by molar-refractivity contribution is -0.0328. The number of rotatable bonds is 4. The molecule has 0 bridgehead atoms. The second kappa shape index (κ2) is 9.82. The van der Waals surface area contributed by atoms with Gasteiger partial charge < -0.3 is 24.8 Å². The van der Waals surface area contributed by atoms with Crippen molar-refractivity contribution in [2.75, 3.05) is 67.6 Å². The maximum Gasteiger partial charge on any atom is 0.446 e. The van der Waals surface area contributed by atoms with Gasteiger partial charge in [0.2, 0.25) is 5.95 Å². The molecule has 2 saturated heterocycles. The molecule has 2 amide bonds. The lowest BCUT2D eigenvalue weighted by atomic mass is 10.3. The van der Waals surface area contributed by atoms with E-state index < -0.39 is 5.51 Å². The quantitative estimate of drug-likeness (QED) is 0.691. The average molecular weight is 469 g/mol. The number of hydrogen-bond donors (Lipinski definition) is 1. The van der Waals surface area contributed by atoms with Crippen molar-refractivity contribution in [2.45, 2.75) is 10.4 Å². The number of nitrogens with one attached hydrogen (secondary N) is 1. The van der Waals surface area contributed by atoms with Gasteiger partial charge in [-0.05, 0) is 42.1 Å². The Hall–Kier alpha value is -2.73. The Balaban J connectivity index is 1.29. The summed E-state index contributed by atoms with van der Waals surface area (Å²) in [4.78, 5) is 27.6. The first kappa shape index (κ1) is 22.5. The zero-order valence-corrected chi connectivity index (χ0v) is 18.0. The zero-order valence-electron chi connectivity index (χ0n) is 17.2. The molecule has 2 aliphatic heterocycles. The molecule has 172 valence electrons. The molecule has 1 N–H and O–H groups in total. The molecule has 4 rings (SSSR count). The fourth-order valence-electron chi connectivity index (χ4n) is 3.51. The second-order valence-corrected chi connectivity index (χ2v) is 8.43. The third-order valence-corrected chi connectivity index (χ3v) is 5.89. The summed E-state index contributed by atoms with van der Waals surface area (Å²) in [6.45, 7) is 5.08. The third-order valence-electron chi connectivity index (χ3n) is 5.15. The number of nitrogens with zero attached hydrogens (tertiary/aromatic N) is 5. The van der Waals surface area contributed by atoms with Gasteiger partial charge in [0, 0.05) is 56.0 Å². The van der Waals surface area contributed by atoms with Crippen LogP contribution in [0.2, 0.25) is 0 Å². The summed E-state index contributed by atoms with van der Waals surface area (Å²) in [6, 6.07) is 7.20. The lowest BCUT2D eigenvalue weighted by Gasteiger charge is -2.35. The van der Waals surface area contributed by atoms with E-state index in [-0.39, 0.29) is 22.7 Å². The van der Waals surface area contributed by atoms with Crippen LogP contribution in [0.15, 0.2) is 41.4 Å². The number of carbonyl (C=O) groups is 1. The van der Waals surface area contributed by atoms with E-state index in [1.165, 1.54) is 24.3 Å². The zero-order chi connectivity index (χ0) is 22.6. The van der Waals surface area contributed by atoms with Gasteiger partial charge in [-0.15, -0.1) is 0 Å². The van der Waals surface area contributed by atoms with Crippen molar-refractivity contribution >= 4 is 35.2 Å². The van der Waals surface area contributed by atoms with Crippen molar-refractivity contribution in [1.82, 2.24) is 14.9 Å². The summed E-state index contributed by atoms with van der Waals surface area (Å²) in [6.07, 6.45) is 1.74. The van der Waals surface area contributed by atoms with Gasteiger partial charge in [0.05, 0.1) is 13.2 Å². The van der Waals surface area contributed by atoms with E-state index in [4.69, 9.17) is 4.74 Å². The monoisotopic (exact) mass is 468 g/mol. The molecule has 3 heterocycles. The number of urea groups is 1. The van der Waals surface area contributed by atoms with Crippen LogP contribution >= 0.6 is 11.8 Å². The molecule has 0 saturated carbocycles. The number of halogens is 3. The molecule has 2 aliphatic rings. The number of alkyl halides is 3. The molecule has 2 aromatic rings. The van der Waals surface area contributed by atoms with Crippen molar-refractivity contribution < 1.29 is 22.7 Å². The van der Waals surface area contributed by atoms with Crippen LogP contribution in [0.1, 0.15) is 0 Å². The number of morpholine rings is 1. The van der Waals surface area contributed by atoms with E-state index >= 15 is 0 Å². The largest absolute Gasteiger partial charge is 0.446 e. The van der Waals surface area contributed by atoms with Gasteiger partial charge in [-0.25, -0.2) is 9.78 Å². The summed E-state index contributed by atoms with van der Waals surface area (Å²) in [5, 5.41) is 2.74. The summed E-state index contributed by atoms with van der Waals surface area (Å²) in [5.74, 6) is 1.50. The normalized spacial score (nSPS) is 17.4. The fraction of sp³-hybridized carbons (Fsp3) is 0.450. The van der Waals surface area contributed by atoms with E-state index in [2.05, 4.69) is 25.1 Å². The van der Waals surface area contributed by atoms with E-state index in [0.717, 1.165) is 18.9 Å². The van der Waals surface area contributed by atoms with Crippen molar-refractivity contribution in [3.63, 3.8) is 0 Å². The van der Waals surface area contributed by atoms with Crippen LogP contribution in [0, 0.1) is 0 Å². The van der Waals surface area contributed by atoms with Gasteiger partial charge in [0.25, 0.3) is 0 Å². The van der Waals surface area contributed by atoms with Crippen LogP contribution in [-0.2, 0) is 4.74 Å². The van der Waals surface area contributed by atoms with Gasteiger partial charge in [0.15, 0.2) is 0 Å². The number of carbonyl (C=O) groups excluding carboxylic acids is 1. The molecule has 0 unspecified atom stereocenters. The Morgan fingerprint density at radius 2 is 1.66 bits per heavy atom. The lowest BCUT2D eigenvalue weighted by Crippen LogP contribution is -2.50. The van der Waals surface area contributed by atoms with Crippen LogP contribution < -0.4 is 15.1 Å². The Morgan fingerprint density at radius 1 is 0.969 bits per heavy atom. The van der Waals surface area contributed by atoms with Gasteiger partial charge in [0.1, 0.15) is 5.82 Å². The predicted molar refractivity (Wildman–Crippen MR) is 116 cm³/mol. The topological polar surface area (TPSA) is 73.8 Å². The highest BCUT2D eigenvalue weighted by Crippen LogP contribution is 2.37. The number of ether oxygens (including phenoxy) is 1. The van der Waals surface area contributed by atoms with Crippen LogP contribution in [0.4, 0.5) is 35.4 Å². The SMILES string of the molecule is O=C(Nc1ccc(SC(F)(F)F)cc1)N1CCN(c2ccnc(N3CCOCC3)n2)CC1. The summed E-state index contributed by atoms with van der Waals surface area (Å²) < 4.78 is 42.7. The number of amides is 2. The van der Waals surface area contributed by atoms with Crippen LogP contribution in [0.3, 0.4) is 0 Å². The molecule has 0 radical (unpaired) electrons. The summed E-state index contributed by atoms with van der Waals surface area (Å²) in [5.41, 5.74) is -3.88. The van der Waals surface area contributed by atoms with Crippen molar-refractivity contribution in [3.8, 4) is 0 Å². The van der Waals surface area contributed by atoms with Crippen LogP contribution in [0.25, 0.3) is 0 Å². The smallest absolute Gasteiger partial charge is 0.378 e. The molecular weight excluding hydrogens is 445 g/mol. The average Bonchev–Trinajstić information content (AvgIpc) is 2.80. The van der Waals surface area contributed by atoms with Crippen molar-refractivity contribution in [2.24, 2.45) is 0 Å². The van der Waals surface area contributed by atoms with E-state index in [9.17, 15) is 18.0 Å². The van der Waals surface area contributed by atoms with E-state index in [1.54, 1.807) is 11.1 Å². The molecular formula is C20H23F3N6O2S. The number of thioether (sulfide) groups is 1. The minimum atomic E-state index is -4.34. The van der Waals surface area contributed by atoms with E-state index in [1.807, 2.05) is 6.07 Å². The number of hydrogen-bond acceptors (Lipinski definition) is 7. The summed E-state index contributed by atoms with van der Waals surface area (Å²) in [7, 11) is 0. The highest BCUT2D eigenvalue weighted by atomic mass is 32.2. The first-order valence-electron chi connectivity index (χ1n) is 10.2. The molecule has 1 aromatic carbocycles. The highest BCUT2D eigenvalue weighted by molar-refractivity contribution is 8.00. The van der Waals surface area contributed by atoms with Gasteiger partial charge in [-0.1, -0.05) is 0 Å². The molecule has 32 heavy (non-hydrogen) atoms. The minimum absolute atomic E-state index is 0.0745. The highest BCUT2D eigenvalue weighted by Gasteiger charge is 2.29. The number of piperazine rings is 1. The molecule has 1 aromatic heterocycles. The van der Waals surface area contributed by atoms with Crippen LogP contribution in [0.5, 0.6) is 0 Å². The number of benzene rings is 1. The molecule has 0 aliphatic carbocycles. The first-order chi connectivity index (χ1) is 15.4. The Labute approximate surface area is 187 Å². The molecule has 0 atom stereocenters. The fourth-order valence-corrected chi connectivity index (χ4v) is 4.05. The molecule has 0 spiro atoms. The van der Waals surface area contributed by atoms with Gasteiger partial charge in [-0.3, -0.25) is 0 Å². The third kappa shape index (κ3) is 5.94. The van der Waals surface area contributed by atoms with Crippen molar-refractivity contribution in [3.05, 3.63) is 36.5 Å². The minimum Gasteiger partial charge on any atom is -0.378 e. The molecule has 12 heteroatoms. The van der Waals surface area contributed by atoms with Crippen LogP contribution in [-0.4, -0.2) is 78.9 Å². The maximum atomic E-state index is 12.6. The Kier molecular flexibility index (Phi) is 6.89. The van der Waals surface area contributed by atoms with Gasteiger partial charge in [-0.2, -0.15) is 18.2 Å². The van der Waals surface area contributed by atoms with E-state index in [0.29, 0.717) is 51.0 Å². The summed E-state index contributed by atoms with van der Waals surface area (Å²) >= 11 is -0.184. The molecule has 2 fully saturated rings. The van der Waals surface area contributed by atoms with Gasteiger partial charge >= 0.3 is 11.5 Å². The second-order valence-electron chi connectivity index (χ2n) is 7.29. The molecule has 8 nitrogen and oxygen atoms in total. The number of anilines is 3. The predicted octanol–water partition coefficient (Wildman–Crippen LogP) is 3.28. The Bertz CT molecular complexity index is 916.